The highest BCUT2D eigenvalue weighted by atomic mass is 16.5. The molecule has 0 aliphatic heterocycles. The Bertz CT molecular complexity index is 601. The molecule has 0 spiro atoms. The predicted octanol–water partition coefficient (Wildman–Crippen LogP) is 2.00. The molecule has 112 valence electrons. The summed E-state index contributed by atoms with van der Waals surface area (Å²) in [4.78, 5) is 8.50. The summed E-state index contributed by atoms with van der Waals surface area (Å²) in [5, 5.41) is 11.3. The highest BCUT2D eigenvalue weighted by Gasteiger charge is 2.26. The van der Waals surface area contributed by atoms with E-state index in [0.29, 0.717) is 29.7 Å². The van der Waals surface area contributed by atoms with Gasteiger partial charge in [-0.2, -0.15) is 4.98 Å². The van der Waals surface area contributed by atoms with E-state index in [0.717, 1.165) is 31.6 Å². The maximum atomic E-state index is 5.45. The third kappa shape index (κ3) is 3.48. The number of methoxy groups -OCH3 is 1. The van der Waals surface area contributed by atoms with Crippen LogP contribution in [0.15, 0.2) is 16.7 Å². The monoisotopic (exact) mass is 289 g/mol. The third-order valence-corrected chi connectivity index (χ3v) is 3.74. The highest BCUT2D eigenvalue weighted by Crippen LogP contribution is 2.30. The largest absolute Gasteiger partial charge is 0.481 e. The molecule has 1 N–H and O–H groups in total. The SMILES string of the molecule is COc1ccnc(N[C@H]2CC[C@@H](Cc3nnc(C)o3)C2)n1. The molecular weight excluding hydrogens is 270 g/mol. The van der Waals surface area contributed by atoms with Crippen molar-refractivity contribution in [2.45, 2.75) is 38.6 Å². The Kier molecular flexibility index (Phi) is 3.98. The first-order valence-electron chi connectivity index (χ1n) is 7.15. The van der Waals surface area contributed by atoms with Crippen molar-refractivity contribution in [2.75, 3.05) is 12.4 Å². The van der Waals surface area contributed by atoms with E-state index < -0.39 is 0 Å². The van der Waals surface area contributed by atoms with Crippen LogP contribution >= 0.6 is 0 Å². The molecule has 3 rings (SSSR count). The summed E-state index contributed by atoms with van der Waals surface area (Å²) >= 11 is 0. The normalized spacial score (nSPS) is 21.4. The molecule has 2 atom stereocenters. The van der Waals surface area contributed by atoms with E-state index in [4.69, 9.17) is 9.15 Å². The van der Waals surface area contributed by atoms with Crippen LogP contribution in [0.1, 0.15) is 31.0 Å². The molecule has 0 aromatic carbocycles. The van der Waals surface area contributed by atoms with E-state index in [-0.39, 0.29) is 0 Å². The average molecular weight is 289 g/mol. The van der Waals surface area contributed by atoms with Gasteiger partial charge < -0.3 is 14.5 Å². The van der Waals surface area contributed by atoms with Gasteiger partial charge in [-0.25, -0.2) is 4.98 Å². The van der Waals surface area contributed by atoms with Crippen molar-refractivity contribution < 1.29 is 9.15 Å². The van der Waals surface area contributed by atoms with E-state index in [1.54, 1.807) is 19.4 Å². The molecule has 2 heterocycles. The first-order valence-corrected chi connectivity index (χ1v) is 7.15. The predicted molar refractivity (Wildman–Crippen MR) is 76.1 cm³/mol. The lowest BCUT2D eigenvalue weighted by Gasteiger charge is -2.13. The molecule has 1 fully saturated rings. The zero-order valence-corrected chi connectivity index (χ0v) is 12.2. The Morgan fingerprint density at radius 2 is 2.29 bits per heavy atom. The maximum absolute atomic E-state index is 5.45. The second-order valence-electron chi connectivity index (χ2n) is 5.36. The number of rotatable bonds is 5. The quantitative estimate of drug-likeness (QED) is 0.900. The molecule has 0 radical (unpaired) electrons. The first-order chi connectivity index (χ1) is 10.2. The van der Waals surface area contributed by atoms with Crippen LogP contribution in [-0.2, 0) is 6.42 Å². The van der Waals surface area contributed by atoms with Gasteiger partial charge in [-0.1, -0.05) is 0 Å². The first kappa shape index (κ1) is 13.8. The van der Waals surface area contributed by atoms with Crippen LogP contribution in [-0.4, -0.2) is 33.3 Å². The van der Waals surface area contributed by atoms with E-state index in [9.17, 15) is 0 Å². The van der Waals surface area contributed by atoms with Gasteiger partial charge in [0.25, 0.3) is 0 Å². The van der Waals surface area contributed by atoms with E-state index in [1.165, 1.54) is 0 Å². The number of nitrogens with zero attached hydrogens (tertiary/aromatic N) is 4. The third-order valence-electron chi connectivity index (χ3n) is 3.74. The molecule has 0 saturated heterocycles. The minimum Gasteiger partial charge on any atom is -0.481 e. The minimum atomic E-state index is 0.381. The maximum Gasteiger partial charge on any atom is 0.226 e. The van der Waals surface area contributed by atoms with Gasteiger partial charge in [0, 0.05) is 31.6 Å². The Balaban J connectivity index is 1.54. The smallest absolute Gasteiger partial charge is 0.226 e. The molecular formula is C14H19N5O2. The van der Waals surface area contributed by atoms with Crippen LogP contribution in [0.3, 0.4) is 0 Å². The fraction of sp³-hybridized carbons (Fsp3) is 0.571. The molecule has 1 aliphatic carbocycles. The number of aryl methyl sites for hydroxylation is 1. The summed E-state index contributed by atoms with van der Waals surface area (Å²) < 4.78 is 10.5. The second-order valence-corrected chi connectivity index (χ2v) is 5.36. The van der Waals surface area contributed by atoms with Crippen LogP contribution in [0.4, 0.5) is 5.95 Å². The van der Waals surface area contributed by atoms with Crippen molar-refractivity contribution in [1.29, 1.82) is 0 Å². The van der Waals surface area contributed by atoms with E-state index >= 15 is 0 Å². The molecule has 21 heavy (non-hydrogen) atoms. The number of ether oxygens (including phenoxy) is 1. The van der Waals surface area contributed by atoms with Crippen molar-refractivity contribution >= 4 is 5.95 Å². The molecule has 2 aromatic rings. The van der Waals surface area contributed by atoms with E-state index in [2.05, 4.69) is 25.5 Å². The lowest BCUT2D eigenvalue weighted by Crippen LogP contribution is -2.18. The van der Waals surface area contributed by atoms with Crippen molar-refractivity contribution in [2.24, 2.45) is 5.92 Å². The number of hydrogen-bond donors (Lipinski definition) is 1. The van der Waals surface area contributed by atoms with Crippen molar-refractivity contribution in [3.8, 4) is 5.88 Å². The molecule has 0 unspecified atom stereocenters. The molecule has 7 heteroatoms. The molecule has 1 saturated carbocycles. The van der Waals surface area contributed by atoms with Crippen molar-refractivity contribution in [3.63, 3.8) is 0 Å². The fourth-order valence-corrected chi connectivity index (χ4v) is 2.77. The molecule has 1 aliphatic rings. The van der Waals surface area contributed by atoms with Gasteiger partial charge in [-0.15, -0.1) is 10.2 Å². The molecule has 0 amide bonds. The van der Waals surface area contributed by atoms with Crippen LogP contribution in [0.25, 0.3) is 0 Å². The molecule has 0 bridgehead atoms. The number of anilines is 1. The van der Waals surface area contributed by atoms with Crippen LogP contribution in [0.5, 0.6) is 5.88 Å². The number of hydrogen-bond acceptors (Lipinski definition) is 7. The van der Waals surface area contributed by atoms with Gasteiger partial charge in [0.2, 0.25) is 23.6 Å². The van der Waals surface area contributed by atoms with Crippen LogP contribution in [0, 0.1) is 12.8 Å². The second kappa shape index (κ2) is 6.07. The summed E-state index contributed by atoms with van der Waals surface area (Å²) in [7, 11) is 1.60. The summed E-state index contributed by atoms with van der Waals surface area (Å²) in [5.41, 5.74) is 0. The Labute approximate surface area is 123 Å². The van der Waals surface area contributed by atoms with Crippen LogP contribution in [0.2, 0.25) is 0 Å². The lowest BCUT2D eigenvalue weighted by atomic mass is 10.0. The van der Waals surface area contributed by atoms with Crippen LogP contribution < -0.4 is 10.1 Å². The Hall–Kier alpha value is -2.18. The fourth-order valence-electron chi connectivity index (χ4n) is 2.77. The van der Waals surface area contributed by atoms with Gasteiger partial charge in [-0.3, -0.25) is 0 Å². The topological polar surface area (TPSA) is 86.0 Å². The summed E-state index contributed by atoms with van der Waals surface area (Å²) in [6, 6.07) is 2.12. The summed E-state index contributed by atoms with van der Waals surface area (Å²) in [6.45, 7) is 1.82. The average Bonchev–Trinajstić information content (AvgIpc) is 3.09. The summed E-state index contributed by atoms with van der Waals surface area (Å²) in [5.74, 6) is 3.11. The van der Waals surface area contributed by atoms with Gasteiger partial charge in [-0.05, 0) is 25.2 Å². The Morgan fingerprint density at radius 1 is 1.38 bits per heavy atom. The van der Waals surface area contributed by atoms with Crippen molar-refractivity contribution in [1.82, 2.24) is 20.2 Å². The molecule has 2 aromatic heterocycles. The van der Waals surface area contributed by atoms with Gasteiger partial charge in [0.05, 0.1) is 7.11 Å². The van der Waals surface area contributed by atoms with Gasteiger partial charge in [0.1, 0.15) is 0 Å². The number of aromatic nitrogens is 4. The summed E-state index contributed by atoms with van der Waals surface area (Å²) in [6.07, 6.45) is 5.84. The van der Waals surface area contributed by atoms with Gasteiger partial charge >= 0.3 is 0 Å². The van der Waals surface area contributed by atoms with E-state index in [1.807, 2.05) is 6.92 Å². The Morgan fingerprint density at radius 3 is 3.05 bits per heavy atom. The zero-order valence-electron chi connectivity index (χ0n) is 12.2. The zero-order chi connectivity index (χ0) is 14.7. The van der Waals surface area contributed by atoms with Crippen molar-refractivity contribution in [3.05, 3.63) is 24.0 Å². The van der Waals surface area contributed by atoms with Gasteiger partial charge in [0.15, 0.2) is 0 Å². The minimum absolute atomic E-state index is 0.381. The highest BCUT2D eigenvalue weighted by molar-refractivity contribution is 5.29. The standard InChI is InChI=1S/C14H19N5O2/c1-9-18-19-13(21-9)8-10-3-4-11(7-10)16-14-15-6-5-12(17-14)20-2/h5-6,10-11H,3-4,7-8H2,1-2H3,(H,15,16,17)/t10-,11+/m1/s1. The number of nitrogens with one attached hydrogen (secondary N) is 1. The molecule has 7 nitrogen and oxygen atoms in total. The lowest BCUT2D eigenvalue weighted by molar-refractivity contribution is 0.397.